The van der Waals surface area contributed by atoms with E-state index >= 15 is 0 Å². The summed E-state index contributed by atoms with van der Waals surface area (Å²) in [6.45, 7) is 0.223. The maximum atomic E-state index is 10.0. The number of aliphatic hydroxyl groups is 1. The van der Waals surface area contributed by atoms with Crippen molar-refractivity contribution in [2.24, 2.45) is 0 Å². The van der Waals surface area contributed by atoms with Crippen molar-refractivity contribution in [3.63, 3.8) is 0 Å². The van der Waals surface area contributed by atoms with Gasteiger partial charge in [0, 0.05) is 12.2 Å². The zero-order chi connectivity index (χ0) is 10.9. The summed E-state index contributed by atoms with van der Waals surface area (Å²) >= 11 is 0. The van der Waals surface area contributed by atoms with E-state index in [1.807, 2.05) is 24.3 Å². The molecule has 2 heteroatoms. The third-order valence-electron chi connectivity index (χ3n) is 2.00. The number of carbonyl (C=O) groups is 1. The fourth-order valence-electron chi connectivity index (χ4n) is 1.23. The SMILES string of the molecule is O=CCC#Cc1ccc(CCCO)cc1. The third kappa shape index (κ3) is 4.44. The highest BCUT2D eigenvalue weighted by molar-refractivity contribution is 5.54. The zero-order valence-corrected chi connectivity index (χ0v) is 8.57. The number of hydrogen-bond donors (Lipinski definition) is 1. The lowest BCUT2D eigenvalue weighted by atomic mass is 10.1. The summed E-state index contributed by atoms with van der Waals surface area (Å²) in [5, 5.41) is 8.67. The zero-order valence-electron chi connectivity index (χ0n) is 8.57. The van der Waals surface area contributed by atoms with Gasteiger partial charge in [0.1, 0.15) is 6.29 Å². The van der Waals surface area contributed by atoms with Crippen LogP contribution in [0.1, 0.15) is 24.0 Å². The molecule has 0 radical (unpaired) electrons. The van der Waals surface area contributed by atoms with Crippen molar-refractivity contribution in [1.82, 2.24) is 0 Å². The standard InChI is InChI=1S/C13H14O2/c14-10-2-1-4-12-6-8-13(9-7-12)5-3-11-15/h6-10,15H,2-3,5,11H2. The van der Waals surface area contributed by atoms with E-state index in [2.05, 4.69) is 11.8 Å². The molecule has 1 aromatic rings. The highest BCUT2D eigenvalue weighted by Gasteiger charge is 1.92. The van der Waals surface area contributed by atoms with Crippen LogP contribution in [0.5, 0.6) is 0 Å². The number of rotatable bonds is 4. The van der Waals surface area contributed by atoms with Crippen LogP contribution in [0, 0.1) is 11.8 Å². The second-order valence-corrected chi connectivity index (χ2v) is 3.20. The molecule has 0 bridgehead atoms. The Morgan fingerprint density at radius 3 is 2.60 bits per heavy atom. The first kappa shape index (κ1) is 11.5. The van der Waals surface area contributed by atoms with E-state index in [-0.39, 0.29) is 13.0 Å². The Kier molecular flexibility index (Phi) is 5.21. The van der Waals surface area contributed by atoms with Crippen molar-refractivity contribution in [3.05, 3.63) is 35.4 Å². The Labute approximate surface area is 89.9 Å². The largest absolute Gasteiger partial charge is 0.396 e. The van der Waals surface area contributed by atoms with Crippen LogP contribution >= 0.6 is 0 Å². The van der Waals surface area contributed by atoms with Gasteiger partial charge in [-0.3, -0.25) is 0 Å². The molecule has 78 valence electrons. The highest BCUT2D eigenvalue weighted by atomic mass is 16.2. The Morgan fingerprint density at radius 1 is 1.27 bits per heavy atom. The Bertz CT molecular complexity index is 354. The maximum Gasteiger partial charge on any atom is 0.131 e. The van der Waals surface area contributed by atoms with Gasteiger partial charge in [-0.15, -0.1) is 0 Å². The number of aldehydes is 1. The average Bonchev–Trinajstić information content (AvgIpc) is 2.28. The minimum Gasteiger partial charge on any atom is -0.396 e. The molecule has 0 aromatic heterocycles. The summed E-state index contributed by atoms with van der Waals surface area (Å²) in [4.78, 5) is 10.0. The van der Waals surface area contributed by atoms with Crippen LogP contribution in [0.4, 0.5) is 0 Å². The van der Waals surface area contributed by atoms with Gasteiger partial charge >= 0.3 is 0 Å². The van der Waals surface area contributed by atoms with E-state index in [1.165, 1.54) is 5.56 Å². The first-order valence-electron chi connectivity index (χ1n) is 4.99. The number of hydrogen-bond acceptors (Lipinski definition) is 2. The molecular formula is C13H14O2. The van der Waals surface area contributed by atoms with Crippen molar-refractivity contribution >= 4 is 6.29 Å². The predicted molar refractivity (Wildman–Crippen MR) is 59.4 cm³/mol. The molecular weight excluding hydrogens is 188 g/mol. The van der Waals surface area contributed by atoms with Crippen molar-refractivity contribution in [3.8, 4) is 11.8 Å². The van der Waals surface area contributed by atoms with Crippen LogP contribution in [0.25, 0.3) is 0 Å². The van der Waals surface area contributed by atoms with Crippen LogP contribution < -0.4 is 0 Å². The second-order valence-electron chi connectivity index (χ2n) is 3.20. The monoisotopic (exact) mass is 202 g/mol. The van der Waals surface area contributed by atoms with Crippen molar-refractivity contribution in [2.45, 2.75) is 19.3 Å². The number of aliphatic hydroxyl groups excluding tert-OH is 1. The molecule has 15 heavy (non-hydrogen) atoms. The normalized spacial score (nSPS) is 9.13. The summed E-state index contributed by atoms with van der Waals surface area (Å²) in [7, 11) is 0. The van der Waals surface area contributed by atoms with Crippen LogP contribution in [-0.2, 0) is 11.2 Å². The quantitative estimate of drug-likeness (QED) is 0.594. The minimum absolute atomic E-state index is 0.223. The number of benzene rings is 1. The summed E-state index contributed by atoms with van der Waals surface area (Å²) in [5.74, 6) is 5.65. The molecule has 1 aromatic carbocycles. The van der Waals surface area contributed by atoms with Gasteiger partial charge < -0.3 is 9.90 Å². The van der Waals surface area contributed by atoms with E-state index in [0.717, 1.165) is 24.7 Å². The molecule has 0 saturated carbocycles. The molecule has 0 amide bonds. The van der Waals surface area contributed by atoms with Crippen LogP contribution in [0.3, 0.4) is 0 Å². The smallest absolute Gasteiger partial charge is 0.131 e. The summed E-state index contributed by atoms with van der Waals surface area (Å²) < 4.78 is 0. The molecule has 0 saturated heterocycles. The van der Waals surface area contributed by atoms with Gasteiger partial charge in [0.15, 0.2) is 0 Å². The Hall–Kier alpha value is -1.59. The first-order chi connectivity index (χ1) is 7.36. The molecule has 0 unspecified atom stereocenters. The van der Waals surface area contributed by atoms with E-state index in [4.69, 9.17) is 5.11 Å². The maximum absolute atomic E-state index is 10.0. The van der Waals surface area contributed by atoms with Gasteiger partial charge in [0.05, 0.1) is 6.42 Å². The number of carbonyl (C=O) groups excluding carboxylic acids is 1. The van der Waals surface area contributed by atoms with Crippen molar-refractivity contribution < 1.29 is 9.90 Å². The lowest BCUT2D eigenvalue weighted by Crippen LogP contribution is -1.89. The van der Waals surface area contributed by atoms with Gasteiger partial charge in [-0.1, -0.05) is 24.0 Å². The van der Waals surface area contributed by atoms with Crippen molar-refractivity contribution in [2.75, 3.05) is 6.61 Å². The van der Waals surface area contributed by atoms with Gasteiger partial charge in [-0.05, 0) is 30.5 Å². The molecule has 1 N–H and O–H groups in total. The van der Waals surface area contributed by atoms with Crippen LogP contribution in [0.2, 0.25) is 0 Å². The van der Waals surface area contributed by atoms with Gasteiger partial charge in [0.2, 0.25) is 0 Å². The summed E-state index contributed by atoms with van der Waals surface area (Å²) in [6.07, 6.45) is 2.75. The molecule has 0 aliphatic heterocycles. The van der Waals surface area contributed by atoms with E-state index in [0.29, 0.717) is 0 Å². The van der Waals surface area contributed by atoms with Gasteiger partial charge in [-0.2, -0.15) is 0 Å². The molecule has 1 rings (SSSR count). The summed E-state index contributed by atoms with van der Waals surface area (Å²) in [6, 6.07) is 7.87. The van der Waals surface area contributed by atoms with E-state index in [9.17, 15) is 4.79 Å². The molecule has 0 aliphatic rings. The lowest BCUT2D eigenvalue weighted by Gasteiger charge is -1.98. The minimum atomic E-state index is 0.223. The number of aryl methyl sites for hydroxylation is 1. The molecule has 0 spiro atoms. The topological polar surface area (TPSA) is 37.3 Å². The Balaban J connectivity index is 2.57. The molecule has 0 fully saturated rings. The van der Waals surface area contributed by atoms with Crippen LogP contribution in [0.15, 0.2) is 24.3 Å². The lowest BCUT2D eigenvalue weighted by molar-refractivity contribution is -0.107. The van der Waals surface area contributed by atoms with Gasteiger partial charge in [0.25, 0.3) is 0 Å². The Morgan fingerprint density at radius 2 is 2.00 bits per heavy atom. The fourth-order valence-corrected chi connectivity index (χ4v) is 1.23. The van der Waals surface area contributed by atoms with Crippen LogP contribution in [-0.4, -0.2) is 18.0 Å². The molecule has 0 atom stereocenters. The van der Waals surface area contributed by atoms with E-state index < -0.39 is 0 Å². The highest BCUT2D eigenvalue weighted by Crippen LogP contribution is 2.05. The van der Waals surface area contributed by atoms with Gasteiger partial charge in [-0.25, -0.2) is 0 Å². The molecule has 0 aliphatic carbocycles. The van der Waals surface area contributed by atoms with Crippen molar-refractivity contribution in [1.29, 1.82) is 0 Å². The molecule has 2 nitrogen and oxygen atoms in total. The molecule has 0 heterocycles. The predicted octanol–water partition coefficient (Wildman–Crippen LogP) is 1.55. The summed E-state index contributed by atoms with van der Waals surface area (Å²) in [5.41, 5.74) is 2.12. The third-order valence-corrected chi connectivity index (χ3v) is 2.00. The first-order valence-corrected chi connectivity index (χ1v) is 4.99. The fraction of sp³-hybridized carbons (Fsp3) is 0.308. The average molecular weight is 202 g/mol. The van der Waals surface area contributed by atoms with E-state index in [1.54, 1.807) is 0 Å². The second kappa shape index (κ2) is 6.80.